The predicted octanol–water partition coefficient (Wildman–Crippen LogP) is 2.13. The van der Waals surface area contributed by atoms with Gasteiger partial charge in [0.25, 0.3) is 0 Å². The highest BCUT2D eigenvalue weighted by Crippen LogP contribution is 2.36. The minimum Gasteiger partial charge on any atom is -0.486 e. The summed E-state index contributed by atoms with van der Waals surface area (Å²) in [6, 6.07) is 5.52. The second kappa shape index (κ2) is 8.50. The highest BCUT2D eigenvalue weighted by atomic mass is 32.2. The number of nitrogens with one attached hydrogen (secondary N) is 1. The average molecular weight is 452 g/mol. The average Bonchev–Trinajstić information content (AvgIpc) is 3.29. The summed E-state index contributed by atoms with van der Waals surface area (Å²) < 4.78 is 36.5. The summed E-state index contributed by atoms with van der Waals surface area (Å²) in [5, 5.41) is 3.20. The molecule has 8 nitrogen and oxygen atoms in total. The van der Waals surface area contributed by atoms with Gasteiger partial charge in [0.2, 0.25) is 5.91 Å². The number of nitrogens with zero attached hydrogens (tertiary/aromatic N) is 2. The smallest absolute Gasteiger partial charge is 0.233 e. The summed E-state index contributed by atoms with van der Waals surface area (Å²) in [5.74, 6) is 1.44. The van der Waals surface area contributed by atoms with E-state index in [1.165, 1.54) is 11.8 Å². The van der Waals surface area contributed by atoms with Crippen LogP contribution >= 0.6 is 11.8 Å². The summed E-state index contributed by atoms with van der Waals surface area (Å²) in [7, 11) is -3.03. The maximum Gasteiger partial charge on any atom is 0.233 e. The first-order valence-electron chi connectivity index (χ1n) is 9.99. The Morgan fingerprint density at radius 3 is 2.80 bits per heavy atom. The van der Waals surface area contributed by atoms with Crippen LogP contribution in [0.3, 0.4) is 0 Å². The third-order valence-corrected chi connectivity index (χ3v) is 8.08. The predicted molar refractivity (Wildman–Crippen MR) is 115 cm³/mol. The fourth-order valence-electron chi connectivity index (χ4n) is 3.63. The molecule has 2 aromatic rings. The molecule has 1 fully saturated rings. The van der Waals surface area contributed by atoms with Crippen molar-refractivity contribution in [3.05, 3.63) is 24.4 Å². The number of rotatable bonds is 6. The van der Waals surface area contributed by atoms with Gasteiger partial charge < -0.3 is 19.4 Å². The first-order chi connectivity index (χ1) is 14.4. The maximum atomic E-state index is 12.6. The van der Waals surface area contributed by atoms with Crippen LogP contribution in [0, 0.1) is 0 Å². The van der Waals surface area contributed by atoms with E-state index < -0.39 is 15.1 Å². The largest absolute Gasteiger partial charge is 0.486 e. The van der Waals surface area contributed by atoms with E-state index in [-0.39, 0.29) is 23.5 Å². The van der Waals surface area contributed by atoms with Gasteiger partial charge in [-0.2, -0.15) is 0 Å². The lowest BCUT2D eigenvalue weighted by molar-refractivity contribution is -0.120. The monoisotopic (exact) mass is 451 g/mol. The van der Waals surface area contributed by atoms with E-state index in [0.717, 1.165) is 27.9 Å². The van der Waals surface area contributed by atoms with Crippen LogP contribution in [0.25, 0.3) is 11.3 Å². The van der Waals surface area contributed by atoms with Gasteiger partial charge in [0, 0.05) is 18.2 Å². The van der Waals surface area contributed by atoms with Crippen molar-refractivity contribution in [1.29, 1.82) is 0 Å². The molecule has 1 aromatic carbocycles. The third kappa shape index (κ3) is 4.44. The zero-order chi connectivity index (χ0) is 21.3. The molecule has 1 saturated heterocycles. The van der Waals surface area contributed by atoms with Crippen molar-refractivity contribution < 1.29 is 22.7 Å². The summed E-state index contributed by atoms with van der Waals surface area (Å²) in [6.07, 6.45) is 2.27. The number of hydrogen-bond donors (Lipinski definition) is 1. The number of hydrogen-bond acceptors (Lipinski definition) is 7. The molecule has 1 amide bonds. The molecule has 4 rings (SSSR count). The number of fused-ring (bicyclic) bond motifs is 1. The van der Waals surface area contributed by atoms with Crippen LogP contribution in [0.1, 0.15) is 20.3 Å². The van der Waals surface area contributed by atoms with E-state index in [2.05, 4.69) is 14.9 Å². The summed E-state index contributed by atoms with van der Waals surface area (Å²) >= 11 is 1.36. The molecule has 0 bridgehead atoms. The van der Waals surface area contributed by atoms with Gasteiger partial charge in [-0.15, -0.1) is 0 Å². The van der Waals surface area contributed by atoms with Crippen molar-refractivity contribution in [1.82, 2.24) is 14.9 Å². The van der Waals surface area contributed by atoms with Crippen LogP contribution in [-0.2, 0) is 21.2 Å². The SMILES string of the molecule is CCn1c(-c2ccc3c(c2)OCCO3)cnc1SC(C)C(=O)NC1CCS(=O)(=O)C1. The number of amides is 1. The molecular formula is C20H25N3O5S2. The molecule has 30 heavy (non-hydrogen) atoms. The fraction of sp³-hybridized carbons (Fsp3) is 0.500. The molecular weight excluding hydrogens is 426 g/mol. The Kier molecular flexibility index (Phi) is 5.97. The molecule has 2 atom stereocenters. The van der Waals surface area contributed by atoms with E-state index in [1.54, 1.807) is 6.20 Å². The quantitative estimate of drug-likeness (QED) is 0.672. The van der Waals surface area contributed by atoms with Crippen LogP contribution in [-0.4, -0.2) is 59.9 Å². The Morgan fingerprint density at radius 1 is 1.33 bits per heavy atom. The molecule has 3 heterocycles. The molecule has 2 aliphatic rings. The van der Waals surface area contributed by atoms with Crippen molar-refractivity contribution in [3.8, 4) is 22.8 Å². The van der Waals surface area contributed by atoms with Gasteiger partial charge in [-0.1, -0.05) is 11.8 Å². The van der Waals surface area contributed by atoms with Gasteiger partial charge >= 0.3 is 0 Å². The molecule has 0 spiro atoms. The second-order valence-corrected chi connectivity index (χ2v) is 10.9. The summed E-state index contributed by atoms with van der Waals surface area (Å²) in [5.41, 5.74) is 1.90. The van der Waals surface area contributed by atoms with E-state index >= 15 is 0 Å². The van der Waals surface area contributed by atoms with E-state index in [4.69, 9.17) is 9.47 Å². The molecule has 0 aliphatic carbocycles. The van der Waals surface area contributed by atoms with E-state index in [1.807, 2.05) is 32.0 Å². The topological polar surface area (TPSA) is 99.5 Å². The number of thioether (sulfide) groups is 1. The number of aromatic nitrogens is 2. The van der Waals surface area contributed by atoms with Crippen LogP contribution in [0.5, 0.6) is 11.5 Å². The van der Waals surface area contributed by atoms with Crippen LogP contribution in [0.4, 0.5) is 0 Å². The number of carbonyl (C=O) groups is 1. The van der Waals surface area contributed by atoms with Gasteiger partial charge in [0.1, 0.15) is 13.2 Å². The number of sulfone groups is 1. The van der Waals surface area contributed by atoms with Crippen LogP contribution in [0.15, 0.2) is 29.6 Å². The first-order valence-corrected chi connectivity index (χ1v) is 12.7. The van der Waals surface area contributed by atoms with Crippen molar-refractivity contribution in [2.45, 2.75) is 43.3 Å². The van der Waals surface area contributed by atoms with Gasteiger partial charge in [-0.25, -0.2) is 13.4 Å². The molecule has 1 N–H and O–H groups in total. The molecule has 10 heteroatoms. The Morgan fingerprint density at radius 2 is 2.10 bits per heavy atom. The molecule has 2 unspecified atom stereocenters. The number of imidazole rings is 1. The number of benzene rings is 1. The van der Waals surface area contributed by atoms with Crippen molar-refractivity contribution in [2.24, 2.45) is 0 Å². The van der Waals surface area contributed by atoms with Crippen LogP contribution < -0.4 is 14.8 Å². The zero-order valence-corrected chi connectivity index (χ0v) is 18.6. The minimum absolute atomic E-state index is 0.0218. The lowest BCUT2D eigenvalue weighted by atomic mass is 10.1. The highest BCUT2D eigenvalue weighted by molar-refractivity contribution is 8.00. The highest BCUT2D eigenvalue weighted by Gasteiger charge is 2.30. The minimum atomic E-state index is -3.03. The Hall–Kier alpha value is -2.20. The Labute approximate surface area is 180 Å². The zero-order valence-electron chi connectivity index (χ0n) is 17.0. The summed E-state index contributed by atoms with van der Waals surface area (Å²) in [6.45, 7) is 5.61. The second-order valence-electron chi connectivity index (χ2n) is 7.40. The fourth-order valence-corrected chi connectivity index (χ4v) is 6.26. The van der Waals surface area contributed by atoms with Gasteiger partial charge in [-0.3, -0.25) is 4.79 Å². The molecule has 0 saturated carbocycles. The van der Waals surface area contributed by atoms with Crippen molar-refractivity contribution >= 4 is 27.5 Å². The number of carbonyl (C=O) groups excluding carboxylic acids is 1. The maximum absolute atomic E-state index is 12.6. The van der Waals surface area contributed by atoms with Gasteiger partial charge in [-0.05, 0) is 38.5 Å². The molecule has 0 radical (unpaired) electrons. The Balaban J connectivity index is 1.47. The lowest BCUT2D eigenvalue weighted by Gasteiger charge is -2.19. The van der Waals surface area contributed by atoms with Gasteiger partial charge in [0.05, 0.1) is 28.6 Å². The molecule has 2 aliphatic heterocycles. The number of ether oxygens (including phenoxy) is 2. The van der Waals surface area contributed by atoms with Crippen molar-refractivity contribution in [3.63, 3.8) is 0 Å². The van der Waals surface area contributed by atoms with E-state index in [9.17, 15) is 13.2 Å². The van der Waals surface area contributed by atoms with Crippen molar-refractivity contribution in [2.75, 3.05) is 24.7 Å². The van der Waals surface area contributed by atoms with Crippen LogP contribution in [0.2, 0.25) is 0 Å². The molecule has 1 aromatic heterocycles. The normalized spacial score (nSPS) is 20.7. The third-order valence-electron chi connectivity index (χ3n) is 5.20. The van der Waals surface area contributed by atoms with Gasteiger partial charge in [0.15, 0.2) is 26.5 Å². The standard InChI is InChI=1S/C20H25N3O5S2/c1-3-23-16(14-4-5-17-18(10-14)28-8-7-27-17)11-21-20(23)29-13(2)19(24)22-15-6-9-30(25,26)12-15/h4-5,10-11,13,15H,3,6-9,12H2,1-2H3,(H,22,24). The lowest BCUT2D eigenvalue weighted by Crippen LogP contribution is -2.40. The molecule has 162 valence electrons. The Bertz CT molecular complexity index is 1050. The van der Waals surface area contributed by atoms with E-state index in [0.29, 0.717) is 26.2 Å². The summed E-state index contributed by atoms with van der Waals surface area (Å²) in [4.78, 5) is 17.1. The first kappa shape index (κ1) is 21.0.